The van der Waals surface area contributed by atoms with E-state index in [1.54, 1.807) is 13.0 Å². The number of aryl methyl sites for hydroxylation is 1. The Morgan fingerprint density at radius 1 is 1.48 bits per heavy atom. The van der Waals surface area contributed by atoms with Crippen LogP contribution in [0.4, 0.5) is 4.39 Å². The molecule has 0 saturated carbocycles. The van der Waals surface area contributed by atoms with Crippen molar-refractivity contribution in [1.82, 2.24) is 9.55 Å². The Morgan fingerprint density at radius 3 is 2.86 bits per heavy atom. The predicted octanol–water partition coefficient (Wildman–Crippen LogP) is 3.55. The van der Waals surface area contributed by atoms with E-state index >= 15 is 0 Å². The number of carbonyl (C=O) groups is 1. The fourth-order valence-electron chi connectivity index (χ4n) is 2.59. The van der Waals surface area contributed by atoms with Crippen LogP contribution in [-0.2, 0) is 4.79 Å². The first-order chi connectivity index (χ1) is 10.1. The highest BCUT2D eigenvalue weighted by Crippen LogP contribution is 2.34. The minimum absolute atomic E-state index is 0.0507. The molecule has 3 rings (SSSR count). The van der Waals surface area contributed by atoms with Gasteiger partial charge in [-0.1, -0.05) is 23.9 Å². The zero-order chi connectivity index (χ0) is 15.0. The van der Waals surface area contributed by atoms with Crippen molar-refractivity contribution in [1.29, 1.82) is 0 Å². The lowest BCUT2D eigenvalue weighted by Crippen LogP contribution is -2.08. The Kier molecular flexibility index (Phi) is 3.71. The van der Waals surface area contributed by atoms with Gasteiger partial charge in [-0.15, -0.1) is 0 Å². The maximum absolute atomic E-state index is 13.7. The molecule has 0 fully saturated rings. The van der Waals surface area contributed by atoms with Gasteiger partial charge in [0.25, 0.3) is 0 Å². The molecular weight excluding hydrogens is 291 g/mol. The van der Waals surface area contributed by atoms with E-state index < -0.39 is 5.97 Å². The summed E-state index contributed by atoms with van der Waals surface area (Å²) in [7, 11) is 0. The number of hydrogen-bond donors (Lipinski definition) is 1. The molecule has 1 heterocycles. The second kappa shape index (κ2) is 5.52. The van der Waals surface area contributed by atoms with E-state index in [9.17, 15) is 9.18 Å². The first kappa shape index (κ1) is 14.1. The highest BCUT2D eigenvalue weighted by molar-refractivity contribution is 7.99. The van der Waals surface area contributed by atoms with Crippen molar-refractivity contribution in [2.24, 2.45) is 0 Å². The molecule has 1 aliphatic rings. The standard InChI is InChI=1S/C15H15FN2O2S/c1-9-6-13-12(7-11(9)16)17-15(21-8-14(19)20)18(13)10-4-2-3-5-10/h2-3,6-7,10H,4-5,8H2,1H3,(H,19,20). The van der Waals surface area contributed by atoms with Gasteiger partial charge in [0.1, 0.15) is 5.82 Å². The fraction of sp³-hybridized carbons (Fsp3) is 0.333. The summed E-state index contributed by atoms with van der Waals surface area (Å²) >= 11 is 1.18. The maximum atomic E-state index is 13.7. The summed E-state index contributed by atoms with van der Waals surface area (Å²) in [6.07, 6.45) is 6.00. The number of carboxylic acids is 1. The number of fused-ring (bicyclic) bond motifs is 1. The third-order valence-electron chi connectivity index (χ3n) is 3.61. The molecule has 1 aromatic heterocycles. The summed E-state index contributed by atoms with van der Waals surface area (Å²) in [5.74, 6) is -1.22. The molecule has 0 amide bonds. The van der Waals surface area contributed by atoms with E-state index in [1.165, 1.54) is 17.8 Å². The molecule has 6 heteroatoms. The van der Waals surface area contributed by atoms with Gasteiger partial charge in [-0.2, -0.15) is 0 Å². The van der Waals surface area contributed by atoms with Crippen molar-refractivity contribution in [2.75, 3.05) is 5.75 Å². The summed E-state index contributed by atoms with van der Waals surface area (Å²) in [4.78, 5) is 15.2. The molecule has 21 heavy (non-hydrogen) atoms. The van der Waals surface area contributed by atoms with E-state index in [4.69, 9.17) is 5.11 Å². The Bertz CT molecular complexity index is 731. The number of benzene rings is 1. The van der Waals surface area contributed by atoms with E-state index in [0.717, 1.165) is 18.4 Å². The smallest absolute Gasteiger partial charge is 0.313 e. The Balaban J connectivity index is 2.10. The van der Waals surface area contributed by atoms with Crippen LogP contribution in [-0.4, -0.2) is 26.4 Å². The van der Waals surface area contributed by atoms with Crippen molar-refractivity contribution in [2.45, 2.75) is 31.0 Å². The first-order valence-corrected chi connectivity index (χ1v) is 7.72. The summed E-state index contributed by atoms with van der Waals surface area (Å²) in [5, 5.41) is 9.51. The van der Waals surface area contributed by atoms with Crippen molar-refractivity contribution in [3.8, 4) is 0 Å². The summed E-state index contributed by atoms with van der Waals surface area (Å²) in [6, 6.07) is 3.45. The molecule has 110 valence electrons. The van der Waals surface area contributed by atoms with Crippen molar-refractivity contribution in [3.63, 3.8) is 0 Å². The molecular formula is C15H15FN2O2S. The third-order valence-corrected chi connectivity index (χ3v) is 4.55. The SMILES string of the molecule is Cc1cc2c(cc1F)nc(SCC(=O)O)n2C1CC=CC1. The quantitative estimate of drug-likeness (QED) is 0.693. The summed E-state index contributed by atoms with van der Waals surface area (Å²) < 4.78 is 15.8. The Morgan fingerprint density at radius 2 is 2.19 bits per heavy atom. The van der Waals surface area contributed by atoms with Gasteiger partial charge in [-0.25, -0.2) is 9.37 Å². The molecule has 1 aromatic carbocycles. The van der Waals surface area contributed by atoms with E-state index in [0.29, 0.717) is 16.2 Å². The average Bonchev–Trinajstić information content (AvgIpc) is 3.04. The number of carboxylic acid groups (broad SMARTS) is 1. The largest absolute Gasteiger partial charge is 0.481 e. The number of nitrogens with zero attached hydrogens (tertiary/aromatic N) is 2. The van der Waals surface area contributed by atoms with Crippen LogP contribution in [0.5, 0.6) is 0 Å². The zero-order valence-corrected chi connectivity index (χ0v) is 12.4. The lowest BCUT2D eigenvalue weighted by Gasteiger charge is -2.16. The number of aliphatic carboxylic acids is 1. The van der Waals surface area contributed by atoms with E-state index in [-0.39, 0.29) is 17.6 Å². The molecule has 0 bridgehead atoms. The van der Waals surface area contributed by atoms with Crippen LogP contribution >= 0.6 is 11.8 Å². The van der Waals surface area contributed by atoms with Gasteiger partial charge in [-0.05, 0) is 31.4 Å². The maximum Gasteiger partial charge on any atom is 0.313 e. The second-order valence-electron chi connectivity index (χ2n) is 5.13. The number of aromatic nitrogens is 2. The topological polar surface area (TPSA) is 55.1 Å². The number of allylic oxidation sites excluding steroid dienone is 2. The van der Waals surface area contributed by atoms with Gasteiger partial charge in [0.2, 0.25) is 0 Å². The molecule has 2 aromatic rings. The van der Waals surface area contributed by atoms with Crippen molar-refractivity contribution >= 4 is 28.8 Å². The van der Waals surface area contributed by atoms with Crippen LogP contribution in [0.2, 0.25) is 0 Å². The van der Waals surface area contributed by atoms with Crippen LogP contribution in [0, 0.1) is 12.7 Å². The molecule has 1 aliphatic carbocycles. The molecule has 0 aliphatic heterocycles. The Labute approximate surface area is 125 Å². The van der Waals surface area contributed by atoms with Gasteiger partial charge >= 0.3 is 5.97 Å². The van der Waals surface area contributed by atoms with Crippen LogP contribution < -0.4 is 0 Å². The minimum Gasteiger partial charge on any atom is -0.481 e. The first-order valence-electron chi connectivity index (χ1n) is 6.74. The monoisotopic (exact) mass is 306 g/mol. The second-order valence-corrected chi connectivity index (χ2v) is 6.08. The summed E-state index contributed by atoms with van der Waals surface area (Å²) in [5.41, 5.74) is 2.03. The molecule has 0 unspecified atom stereocenters. The van der Waals surface area contributed by atoms with Gasteiger partial charge in [0.15, 0.2) is 5.16 Å². The molecule has 0 atom stereocenters. The van der Waals surface area contributed by atoms with Crippen LogP contribution in [0.15, 0.2) is 29.4 Å². The van der Waals surface area contributed by atoms with Gasteiger partial charge < -0.3 is 9.67 Å². The highest BCUT2D eigenvalue weighted by Gasteiger charge is 2.21. The van der Waals surface area contributed by atoms with Crippen molar-refractivity contribution in [3.05, 3.63) is 35.7 Å². The van der Waals surface area contributed by atoms with E-state index in [1.807, 2.05) is 0 Å². The van der Waals surface area contributed by atoms with Crippen molar-refractivity contribution < 1.29 is 14.3 Å². The van der Waals surface area contributed by atoms with Gasteiger partial charge in [0, 0.05) is 12.1 Å². The number of halogens is 1. The zero-order valence-electron chi connectivity index (χ0n) is 11.5. The van der Waals surface area contributed by atoms with Gasteiger partial charge in [0.05, 0.1) is 16.8 Å². The Hall–Kier alpha value is -1.82. The normalized spacial score (nSPS) is 15.1. The van der Waals surface area contributed by atoms with E-state index in [2.05, 4.69) is 21.7 Å². The lowest BCUT2D eigenvalue weighted by atomic mass is 10.2. The number of rotatable bonds is 4. The molecule has 4 nitrogen and oxygen atoms in total. The third kappa shape index (κ3) is 2.68. The fourth-order valence-corrected chi connectivity index (χ4v) is 3.39. The highest BCUT2D eigenvalue weighted by atomic mass is 32.2. The van der Waals surface area contributed by atoms with Crippen LogP contribution in [0.3, 0.4) is 0 Å². The number of hydrogen-bond acceptors (Lipinski definition) is 3. The van der Waals surface area contributed by atoms with Crippen LogP contribution in [0.25, 0.3) is 11.0 Å². The van der Waals surface area contributed by atoms with Gasteiger partial charge in [-0.3, -0.25) is 4.79 Å². The molecule has 0 radical (unpaired) electrons. The summed E-state index contributed by atoms with van der Waals surface area (Å²) in [6.45, 7) is 1.73. The molecule has 0 saturated heterocycles. The average molecular weight is 306 g/mol. The minimum atomic E-state index is -0.884. The number of thioether (sulfide) groups is 1. The number of imidazole rings is 1. The van der Waals surface area contributed by atoms with Crippen LogP contribution in [0.1, 0.15) is 24.4 Å². The lowest BCUT2D eigenvalue weighted by molar-refractivity contribution is -0.133. The predicted molar refractivity (Wildman–Crippen MR) is 80.2 cm³/mol. The molecule has 0 spiro atoms. The molecule has 1 N–H and O–H groups in total.